The zero-order chi connectivity index (χ0) is 12.8. The van der Waals surface area contributed by atoms with Gasteiger partial charge in [0.1, 0.15) is 6.04 Å². The van der Waals surface area contributed by atoms with Gasteiger partial charge in [-0.05, 0) is 38.1 Å². The molecule has 1 aromatic carbocycles. The van der Waals surface area contributed by atoms with E-state index in [1.165, 1.54) is 0 Å². The molecular formula is C12H14ClNO3. The van der Waals surface area contributed by atoms with Gasteiger partial charge in [-0.1, -0.05) is 11.6 Å². The van der Waals surface area contributed by atoms with Crippen LogP contribution in [0.15, 0.2) is 24.3 Å². The third-order valence-electron chi connectivity index (χ3n) is 2.09. The van der Waals surface area contributed by atoms with Crippen molar-refractivity contribution in [3.05, 3.63) is 34.9 Å². The normalized spacial score (nSPS) is 11.7. The van der Waals surface area contributed by atoms with Crippen LogP contribution in [0.5, 0.6) is 0 Å². The zero-order valence-corrected chi connectivity index (χ0v) is 10.5. The molecule has 1 aromatic rings. The highest BCUT2D eigenvalue weighted by atomic mass is 35.5. The summed E-state index contributed by atoms with van der Waals surface area (Å²) in [6.07, 6.45) is 0. The fourth-order valence-corrected chi connectivity index (χ4v) is 1.33. The Morgan fingerprint density at radius 2 is 1.94 bits per heavy atom. The molecule has 0 fully saturated rings. The fourth-order valence-electron chi connectivity index (χ4n) is 1.21. The maximum atomic E-state index is 11.7. The molecule has 1 amide bonds. The van der Waals surface area contributed by atoms with Gasteiger partial charge in [0.05, 0.1) is 6.61 Å². The lowest BCUT2D eigenvalue weighted by Gasteiger charge is -2.12. The summed E-state index contributed by atoms with van der Waals surface area (Å²) in [6, 6.07) is 5.75. The van der Waals surface area contributed by atoms with Crippen LogP contribution in [0.25, 0.3) is 0 Å². The minimum Gasteiger partial charge on any atom is -0.464 e. The van der Waals surface area contributed by atoms with Gasteiger partial charge in [0.2, 0.25) is 0 Å². The molecule has 0 aliphatic carbocycles. The van der Waals surface area contributed by atoms with Crippen molar-refractivity contribution in [2.75, 3.05) is 6.61 Å². The molecule has 0 radical (unpaired) electrons. The van der Waals surface area contributed by atoms with Crippen LogP contribution < -0.4 is 5.32 Å². The fraction of sp³-hybridized carbons (Fsp3) is 0.333. The van der Waals surface area contributed by atoms with E-state index in [2.05, 4.69) is 5.32 Å². The molecule has 1 N–H and O–H groups in total. The van der Waals surface area contributed by atoms with Gasteiger partial charge in [-0.25, -0.2) is 4.79 Å². The number of amides is 1. The number of hydrogen-bond donors (Lipinski definition) is 1. The molecule has 1 rings (SSSR count). The van der Waals surface area contributed by atoms with Gasteiger partial charge >= 0.3 is 5.97 Å². The van der Waals surface area contributed by atoms with E-state index >= 15 is 0 Å². The summed E-state index contributed by atoms with van der Waals surface area (Å²) in [7, 11) is 0. The molecular weight excluding hydrogens is 242 g/mol. The van der Waals surface area contributed by atoms with Crippen molar-refractivity contribution in [3.8, 4) is 0 Å². The van der Waals surface area contributed by atoms with Gasteiger partial charge in [0.25, 0.3) is 5.91 Å². The second-order valence-corrected chi connectivity index (χ2v) is 3.89. The molecule has 0 spiro atoms. The first-order valence-electron chi connectivity index (χ1n) is 5.27. The predicted octanol–water partition coefficient (Wildman–Crippen LogP) is 2.02. The van der Waals surface area contributed by atoms with E-state index in [1.807, 2.05) is 0 Å². The summed E-state index contributed by atoms with van der Waals surface area (Å²) >= 11 is 5.71. The molecule has 0 aliphatic rings. The van der Waals surface area contributed by atoms with Crippen LogP contribution in [-0.4, -0.2) is 24.5 Å². The van der Waals surface area contributed by atoms with Crippen molar-refractivity contribution in [2.45, 2.75) is 19.9 Å². The lowest BCUT2D eigenvalue weighted by atomic mass is 10.2. The van der Waals surface area contributed by atoms with Crippen LogP contribution in [0.4, 0.5) is 0 Å². The average Bonchev–Trinajstić information content (AvgIpc) is 2.30. The molecule has 4 nitrogen and oxygen atoms in total. The summed E-state index contributed by atoms with van der Waals surface area (Å²) < 4.78 is 4.78. The topological polar surface area (TPSA) is 55.4 Å². The van der Waals surface area contributed by atoms with Gasteiger partial charge < -0.3 is 10.1 Å². The molecule has 0 heterocycles. The molecule has 0 aromatic heterocycles. The second-order valence-electron chi connectivity index (χ2n) is 3.45. The summed E-state index contributed by atoms with van der Waals surface area (Å²) in [5.74, 6) is -0.781. The van der Waals surface area contributed by atoms with Crippen molar-refractivity contribution in [1.29, 1.82) is 0 Å². The van der Waals surface area contributed by atoms with E-state index in [1.54, 1.807) is 38.1 Å². The summed E-state index contributed by atoms with van der Waals surface area (Å²) in [6.45, 7) is 3.58. The van der Waals surface area contributed by atoms with Gasteiger partial charge in [-0.2, -0.15) is 0 Å². The maximum Gasteiger partial charge on any atom is 0.328 e. The van der Waals surface area contributed by atoms with Crippen LogP contribution in [0, 0.1) is 0 Å². The molecule has 17 heavy (non-hydrogen) atoms. The minimum atomic E-state index is -0.668. The Labute approximate surface area is 105 Å². The Kier molecular flexibility index (Phi) is 4.97. The van der Waals surface area contributed by atoms with Gasteiger partial charge in [0, 0.05) is 10.6 Å². The van der Waals surface area contributed by atoms with Gasteiger partial charge in [-0.15, -0.1) is 0 Å². The molecule has 1 unspecified atom stereocenters. The predicted molar refractivity (Wildman–Crippen MR) is 65.0 cm³/mol. The summed E-state index contributed by atoms with van der Waals surface area (Å²) in [5.41, 5.74) is 0.450. The SMILES string of the molecule is CCOC(=O)C(C)NC(=O)c1ccc(Cl)cc1. The smallest absolute Gasteiger partial charge is 0.328 e. The molecule has 92 valence electrons. The zero-order valence-electron chi connectivity index (χ0n) is 9.70. The molecule has 0 saturated carbocycles. The largest absolute Gasteiger partial charge is 0.464 e. The third kappa shape index (κ3) is 4.07. The number of carbonyl (C=O) groups excluding carboxylic acids is 2. The van der Waals surface area contributed by atoms with Crippen molar-refractivity contribution in [1.82, 2.24) is 5.32 Å². The van der Waals surface area contributed by atoms with Crippen molar-refractivity contribution >= 4 is 23.5 Å². The molecule has 0 saturated heterocycles. The number of halogens is 1. The Morgan fingerprint density at radius 3 is 2.47 bits per heavy atom. The average molecular weight is 256 g/mol. The Balaban J connectivity index is 2.60. The standard InChI is InChI=1S/C12H14ClNO3/c1-3-17-12(16)8(2)14-11(15)9-4-6-10(13)7-5-9/h4-8H,3H2,1-2H3,(H,14,15). The molecule has 0 aliphatic heterocycles. The van der Waals surface area contributed by atoms with Gasteiger partial charge in [0.15, 0.2) is 0 Å². The van der Waals surface area contributed by atoms with E-state index in [0.29, 0.717) is 17.2 Å². The van der Waals surface area contributed by atoms with Crippen LogP contribution in [0.1, 0.15) is 24.2 Å². The highest BCUT2D eigenvalue weighted by Crippen LogP contribution is 2.09. The van der Waals surface area contributed by atoms with Crippen molar-refractivity contribution in [3.63, 3.8) is 0 Å². The van der Waals surface area contributed by atoms with E-state index in [0.717, 1.165) is 0 Å². The van der Waals surface area contributed by atoms with Crippen LogP contribution in [0.3, 0.4) is 0 Å². The Bertz CT molecular complexity index is 403. The number of esters is 1. The number of rotatable bonds is 4. The monoisotopic (exact) mass is 255 g/mol. The summed E-state index contributed by atoms with van der Waals surface area (Å²) in [4.78, 5) is 23.0. The van der Waals surface area contributed by atoms with Crippen LogP contribution >= 0.6 is 11.6 Å². The van der Waals surface area contributed by atoms with Crippen LogP contribution in [-0.2, 0) is 9.53 Å². The number of hydrogen-bond acceptors (Lipinski definition) is 3. The Morgan fingerprint density at radius 1 is 1.35 bits per heavy atom. The lowest BCUT2D eigenvalue weighted by molar-refractivity contribution is -0.144. The highest BCUT2D eigenvalue weighted by Gasteiger charge is 2.17. The van der Waals surface area contributed by atoms with Crippen LogP contribution in [0.2, 0.25) is 5.02 Å². The maximum absolute atomic E-state index is 11.7. The third-order valence-corrected chi connectivity index (χ3v) is 2.35. The first-order valence-corrected chi connectivity index (χ1v) is 5.65. The second kappa shape index (κ2) is 6.25. The van der Waals surface area contributed by atoms with E-state index in [9.17, 15) is 9.59 Å². The number of nitrogens with one attached hydrogen (secondary N) is 1. The highest BCUT2D eigenvalue weighted by molar-refractivity contribution is 6.30. The quantitative estimate of drug-likeness (QED) is 0.838. The van der Waals surface area contributed by atoms with Crippen molar-refractivity contribution < 1.29 is 14.3 Å². The van der Waals surface area contributed by atoms with E-state index in [4.69, 9.17) is 16.3 Å². The molecule has 0 bridgehead atoms. The van der Waals surface area contributed by atoms with E-state index < -0.39 is 12.0 Å². The van der Waals surface area contributed by atoms with E-state index in [-0.39, 0.29) is 5.91 Å². The Hall–Kier alpha value is -1.55. The first-order chi connectivity index (χ1) is 8.04. The van der Waals surface area contributed by atoms with Gasteiger partial charge in [-0.3, -0.25) is 4.79 Å². The lowest BCUT2D eigenvalue weighted by Crippen LogP contribution is -2.39. The number of carbonyl (C=O) groups is 2. The molecule has 5 heteroatoms. The first kappa shape index (κ1) is 13.5. The minimum absolute atomic E-state index is 0.292. The molecule has 1 atom stereocenters. The van der Waals surface area contributed by atoms with Crippen molar-refractivity contribution in [2.24, 2.45) is 0 Å². The number of benzene rings is 1. The summed E-state index contributed by atoms with van der Waals surface area (Å²) in [5, 5.41) is 3.10. The number of ether oxygens (including phenoxy) is 1.